The molecule has 5 saturated carbocycles. The van der Waals surface area contributed by atoms with Crippen molar-refractivity contribution in [1.82, 2.24) is 4.90 Å². The van der Waals surface area contributed by atoms with Crippen LogP contribution in [0.2, 0.25) is 0 Å². The topological polar surface area (TPSA) is 49.8 Å². The number of carbonyl (C=O) groups is 1. The monoisotopic (exact) mass is 377 g/mol. The number of esters is 1. The number of hydrogen-bond donors (Lipinski definition) is 1. The maximum atomic E-state index is 12.8. The molecule has 0 heterocycles. The minimum atomic E-state index is -0.353. The van der Waals surface area contributed by atoms with Crippen LogP contribution in [0.4, 0.5) is 0 Å². The van der Waals surface area contributed by atoms with Crippen LogP contribution in [-0.2, 0) is 9.53 Å². The molecule has 5 fully saturated rings. The molecule has 0 radical (unpaired) electrons. The van der Waals surface area contributed by atoms with Gasteiger partial charge >= 0.3 is 5.97 Å². The number of aliphatic hydroxyl groups excluding tert-OH is 1. The predicted molar refractivity (Wildman–Crippen MR) is 106 cm³/mol. The molecule has 5 rings (SSSR count). The van der Waals surface area contributed by atoms with Crippen LogP contribution in [0.5, 0.6) is 0 Å². The van der Waals surface area contributed by atoms with Crippen molar-refractivity contribution in [2.45, 2.75) is 71.3 Å². The molecular weight excluding hydrogens is 338 g/mol. The van der Waals surface area contributed by atoms with Crippen LogP contribution in [0.1, 0.15) is 65.2 Å². The number of rotatable bonds is 3. The molecule has 0 unspecified atom stereocenters. The lowest BCUT2D eigenvalue weighted by Crippen LogP contribution is -2.67. The SMILES string of the molecule is COC(=O)[C@]1(C)CCC[C@@]2(C)[C@@H]3C[C@@H]4CC[C@@]3(CC[C@@H]21)[C@H](O)[C@H]4CN(C)C. The second-order valence-corrected chi connectivity index (χ2v) is 11.1. The van der Waals surface area contributed by atoms with Crippen molar-refractivity contribution in [3.8, 4) is 0 Å². The molecule has 5 aliphatic carbocycles. The maximum absolute atomic E-state index is 12.8. The smallest absolute Gasteiger partial charge is 0.311 e. The summed E-state index contributed by atoms with van der Waals surface area (Å²) in [6.45, 7) is 5.61. The number of carbonyl (C=O) groups excluding carboxylic acids is 1. The fourth-order valence-electron chi connectivity index (χ4n) is 8.62. The Labute approximate surface area is 165 Å². The zero-order valence-corrected chi connectivity index (χ0v) is 18.0. The third-order valence-corrected chi connectivity index (χ3v) is 9.71. The van der Waals surface area contributed by atoms with Gasteiger partial charge in [0.05, 0.1) is 18.6 Å². The Morgan fingerprint density at radius 3 is 2.48 bits per heavy atom. The summed E-state index contributed by atoms with van der Waals surface area (Å²) in [6.07, 6.45) is 8.95. The van der Waals surface area contributed by atoms with Gasteiger partial charge in [-0.15, -0.1) is 0 Å². The van der Waals surface area contributed by atoms with Gasteiger partial charge in [-0.1, -0.05) is 13.3 Å². The van der Waals surface area contributed by atoms with E-state index in [1.54, 1.807) is 7.11 Å². The van der Waals surface area contributed by atoms with Crippen molar-refractivity contribution < 1.29 is 14.6 Å². The van der Waals surface area contributed by atoms with E-state index in [1.807, 2.05) is 0 Å². The Kier molecular flexibility index (Phi) is 4.71. The van der Waals surface area contributed by atoms with Gasteiger partial charge in [0, 0.05) is 17.9 Å². The molecule has 0 saturated heterocycles. The third kappa shape index (κ3) is 2.58. The number of ether oxygens (including phenoxy) is 1. The van der Waals surface area contributed by atoms with Crippen molar-refractivity contribution >= 4 is 5.97 Å². The number of hydrogen-bond acceptors (Lipinski definition) is 4. The minimum Gasteiger partial charge on any atom is -0.469 e. The molecule has 27 heavy (non-hydrogen) atoms. The predicted octanol–water partition coefficient (Wildman–Crippen LogP) is 3.72. The highest BCUT2D eigenvalue weighted by Crippen LogP contribution is 2.72. The van der Waals surface area contributed by atoms with Crippen LogP contribution in [0.15, 0.2) is 0 Å². The summed E-state index contributed by atoms with van der Waals surface area (Å²) in [4.78, 5) is 15.0. The highest BCUT2D eigenvalue weighted by molar-refractivity contribution is 5.77. The number of methoxy groups -OCH3 is 1. The average molecular weight is 378 g/mol. The van der Waals surface area contributed by atoms with Crippen LogP contribution in [0.3, 0.4) is 0 Å². The fourth-order valence-corrected chi connectivity index (χ4v) is 8.62. The Hall–Kier alpha value is -0.610. The zero-order valence-electron chi connectivity index (χ0n) is 18.0. The lowest BCUT2D eigenvalue weighted by molar-refractivity contribution is -0.246. The first-order chi connectivity index (χ1) is 12.7. The number of nitrogens with zero attached hydrogens (tertiary/aromatic N) is 1. The molecule has 4 heteroatoms. The molecule has 0 aromatic rings. The summed E-state index contributed by atoms with van der Waals surface area (Å²) >= 11 is 0. The largest absolute Gasteiger partial charge is 0.469 e. The van der Waals surface area contributed by atoms with E-state index >= 15 is 0 Å². The molecule has 1 spiro atoms. The standard InChI is InChI=1S/C23H39NO3/c1-21-9-6-10-22(2,20(26)27-5)17(21)8-12-23-11-7-15(13-18(21)23)16(19(23)25)14-24(3)4/h15-19,25H,6-14H2,1-5H3/t15-,16-,17-,18-,19+,21+,22+,23-/m0/s1. The van der Waals surface area contributed by atoms with Gasteiger partial charge in [0.25, 0.3) is 0 Å². The van der Waals surface area contributed by atoms with Crippen LogP contribution < -0.4 is 0 Å². The van der Waals surface area contributed by atoms with Gasteiger partial charge in [0.15, 0.2) is 0 Å². The van der Waals surface area contributed by atoms with Crippen LogP contribution in [0, 0.1) is 39.9 Å². The molecule has 4 nitrogen and oxygen atoms in total. The van der Waals surface area contributed by atoms with Crippen molar-refractivity contribution in [2.75, 3.05) is 27.7 Å². The average Bonchev–Trinajstić information content (AvgIpc) is 2.63. The summed E-state index contributed by atoms with van der Waals surface area (Å²) in [5, 5.41) is 11.6. The van der Waals surface area contributed by atoms with Crippen molar-refractivity contribution in [3.63, 3.8) is 0 Å². The van der Waals surface area contributed by atoms with Crippen LogP contribution >= 0.6 is 0 Å². The molecule has 0 aromatic carbocycles. The molecule has 0 amide bonds. The van der Waals surface area contributed by atoms with E-state index < -0.39 is 0 Å². The third-order valence-electron chi connectivity index (χ3n) is 9.71. The van der Waals surface area contributed by atoms with Gasteiger partial charge in [0.2, 0.25) is 0 Å². The first kappa shape index (κ1) is 19.7. The van der Waals surface area contributed by atoms with E-state index in [2.05, 4.69) is 32.8 Å². The van der Waals surface area contributed by atoms with Gasteiger partial charge in [-0.05, 0) is 89.1 Å². The first-order valence-electron chi connectivity index (χ1n) is 11.1. The number of aliphatic hydroxyl groups is 1. The first-order valence-corrected chi connectivity index (χ1v) is 11.1. The maximum Gasteiger partial charge on any atom is 0.311 e. The highest BCUT2D eigenvalue weighted by Gasteiger charge is 2.68. The van der Waals surface area contributed by atoms with E-state index in [1.165, 1.54) is 25.7 Å². The second-order valence-electron chi connectivity index (χ2n) is 11.1. The van der Waals surface area contributed by atoms with Gasteiger partial charge in [-0.25, -0.2) is 0 Å². The minimum absolute atomic E-state index is 0.0126. The molecule has 8 atom stereocenters. The van der Waals surface area contributed by atoms with Gasteiger partial charge in [-0.2, -0.15) is 0 Å². The fraction of sp³-hybridized carbons (Fsp3) is 0.957. The van der Waals surface area contributed by atoms with Gasteiger partial charge in [0.1, 0.15) is 0 Å². The van der Waals surface area contributed by atoms with E-state index in [-0.39, 0.29) is 28.3 Å². The summed E-state index contributed by atoms with van der Waals surface area (Å²) in [7, 11) is 5.80. The van der Waals surface area contributed by atoms with Crippen LogP contribution in [-0.4, -0.2) is 49.8 Å². The van der Waals surface area contributed by atoms with E-state index in [4.69, 9.17) is 4.74 Å². The van der Waals surface area contributed by atoms with Crippen LogP contribution in [0.25, 0.3) is 0 Å². The summed E-state index contributed by atoms with van der Waals surface area (Å²) < 4.78 is 5.27. The Morgan fingerprint density at radius 2 is 1.81 bits per heavy atom. The molecule has 0 aromatic heterocycles. The van der Waals surface area contributed by atoms with Gasteiger partial charge in [-0.3, -0.25) is 4.79 Å². The Balaban J connectivity index is 1.69. The molecule has 154 valence electrons. The normalized spacial score (nSPS) is 51.6. The molecule has 5 aliphatic rings. The molecular formula is C23H39NO3. The van der Waals surface area contributed by atoms with Crippen molar-refractivity contribution in [2.24, 2.45) is 39.9 Å². The molecule has 1 N–H and O–H groups in total. The second kappa shape index (κ2) is 6.45. The van der Waals surface area contributed by atoms with E-state index in [0.29, 0.717) is 23.7 Å². The van der Waals surface area contributed by atoms with E-state index in [9.17, 15) is 9.90 Å². The highest BCUT2D eigenvalue weighted by atomic mass is 16.5. The lowest BCUT2D eigenvalue weighted by Gasteiger charge is -2.70. The molecule has 0 aliphatic heterocycles. The molecule has 2 bridgehead atoms. The number of fused-ring (bicyclic) bond motifs is 3. The van der Waals surface area contributed by atoms with Crippen molar-refractivity contribution in [1.29, 1.82) is 0 Å². The Bertz CT molecular complexity index is 606. The van der Waals surface area contributed by atoms with E-state index in [0.717, 1.165) is 32.2 Å². The summed E-state index contributed by atoms with van der Waals surface area (Å²) in [5.74, 6) is 1.99. The van der Waals surface area contributed by atoms with Crippen molar-refractivity contribution in [3.05, 3.63) is 0 Å². The lowest BCUT2D eigenvalue weighted by atomic mass is 9.35. The quantitative estimate of drug-likeness (QED) is 0.762. The Morgan fingerprint density at radius 1 is 1.11 bits per heavy atom. The zero-order chi connectivity index (χ0) is 19.6. The van der Waals surface area contributed by atoms with Gasteiger partial charge < -0.3 is 14.7 Å². The summed E-state index contributed by atoms with van der Waals surface area (Å²) in [5.41, 5.74) is -0.120. The summed E-state index contributed by atoms with van der Waals surface area (Å²) in [6, 6.07) is 0.